The van der Waals surface area contributed by atoms with E-state index in [0.717, 1.165) is 57.9 Å². The number of piperazine rings is 1. The summed E-state index contributed by atoms with van der Waals surface area (Å²) in [4.78, 5) is 5.02. The third kappa shape index (κ3) is 5.32. The highest BCUT2D eigenvalue weighted by Gasteiger charge is 2.23. The summed E-state index contributed by atoms with van der Waals surface area (Å²) in [6, 6.07) is 17.1. The third-order valence-electron chi connectivity index (χ3n) is 5.59. The standard InChI is InChI=1S/C22H28N2O2.2ClH/c1-25-20-7-4-6-19(17-20)24-14-12-23(13-15-24)11-9-22-21-8-3-2-5-18(21)10-16-26-22;;/h2-8,17,22H,9-16H2,1H3;2*1H. The third-order valence-corrected chi connectivity index (χ3v) is 5.59. The summed E-state index contributed by atoms with van der Waals surface area (Å²) >= 11 is 0. The maximum Gasteiger partial charge on any atom is 0.120 e. The molecule has 2 heterocycles. The van der Waals surface area contributed by atoms with Gasteiger partial charge >= 0.3 is 0 Å². The lowest BCUT2D eigenvalue weighted by Gasteiger charge is -2.37. The lowest BCUT2D eigenvalue weighted by atomic mass is 9.95. The van der Waals surface area contributed by atoms with Crippen LogP contribution in [0.5, 0.6) is 5.75 Å². The SMILES string of the molecule is COc1cccc(N2CCN(CCC3OCCc4ccccc43)CC2)c1.Cl.Cl. The van der Waals surface area contributed by atoms with E-state index in [-0.39, 0.29) is 30.9 Å². The number of benzene rings is 2. The number of halogens is 2. The van der Waals surface area contributed by atoms with E-state index in [1.54, 1.807) is 7.11 Å². The number of rotatable bonds is 5. The van der Waals surface area contributed by atoms with E-state index in [1.165, 1.54) is 16.8 Å². The molecule has 1 fully saturated rings. The van der Waals surface area contributed by atoms with Gasteiger partial charge < -0.3 is 14.4 Å². The fraction of sp³-hybridized carbons (Fsp3) is 0.455. The Labute approximate surface area is 180 Å². The highest BCUT2D eigenvalue weighted by molar-refractivity contribution is 5.85. The number of hydrogen-bond acceptors (Lipinski definition) is 4. The fourth-order valence-corrected chi connectivity index (χ4v) is 4.05. The van der Waals surface area contributed by atoms with Gasteiger partial charge in [0.2, 0.25) is 0 Å². The summed E-state index contributed by atoms with van der Waals surface area (Å²) in [5.41, 5.74) is 4.12. The normalized spacial score (nSPS) is 19.2. The molecule has 6 heteroatoms. The van der Waals surface area contributed by atoms with E-state index < -0.39 is 0 Å². The first-order valence-electron chi connectivity index (χ1n) is 9.64. The van der Waals surface area contributed by atoms with Crippen molar-refractivity contribution in [3.63, 3.8) is 0 Å². The Kier molecular flexibility index (Phi) is 8.90. The second kappa shape index (κ2) is 10.9. The molecule has 0 aliphatic carbocycles. The van der Waals surface area contributed by atoms with Crippen molar-refractivity contribution >= 4 is 30.5 Å². The molecule has 2 aliphatic rings. The number of ether oxygens (including phenoxy) is 2. The number of hydrogen-bond donors (Lipinski definition) is 0. The van der Waals surface area contributed by atoms with Crippen LogP contribution in [-0.4, -0.2) is 51.3 Å². The quantitative estimate of drug-likeness (QED) is 0.711. The Morgan fingerprint density at radius 3 is 2.57 bits per heavy atom. The summed E-state index contributed by atoms with van der Waals surface area (Å²) in [5, 5.41) is 0. The zero-order chi connectivity index (χ0) is 17.8. The van der Waals surface area contributed by atoms with Crippen molar-refractivity contribution in [2.24, 2.45) is 0 Å². The number of fused-ring (bicyclic) bond motifs is 1. The first-order valence-corrected chi connectivity index (χ1v) is 9.64. The van der Waals surface area contributed by atoms with Gasteiger partial charge in [0.1, 0.15) is 5.75 Å². The smallest absolute Gasteiger partial charge is 0.120 e. The molecule has 0 bridgehead atoms. The van der Waals surface area contributed by atoms with Gasteiger partial charge in [-0.1, -0.05) is 30.3 Å². The van der Waals surface area contributed by atoms with Crippen LogP contribution >= 0.6 is 24.8 Å². The minimum atomic E-state index is 0. The van der Waals surface area contributed by atoms with Crippen molar-refractivity contribution in [1.29, 1.82) is 0 Å². The predicted molar refractivity (Wildman–Crippen MR) is 120 cm³/mol. The molecule has 28 heavy (non-hydrogen) atoms. The van der Waals surface area contributed by atoms with Crippen molar-refractivity contribution < 1.29 is 9.47 Å². The van der Waals surface area contributed by atoms with E-state index in [0.29, 0.717) is 0 Å². The molecule has 0 amide bonds. The Morgan fingerprint density at radius 2 is 1.79 bits per heavy atom. The molecule has 4 nitrogen and oxygen atoms in total. The van der Waals surface area contributed by atoms with Crippen LogP contribution in [-0.2, 0) is 11.2 Å². The van der Waals surface area contributed by atoms with E-state index >= 15 is 0 Å². The van der Waals surface area contributed by atoms with Gasteiger partial charge in [-0.25, -0.2) is 0 Å². The minimum absolute atomic E-state index is 0. The average Bonchev–Trinajstić information content (AvgIpc) is 2.72. The largest absolute Gasteiger partial charge is 0.497 e. The molecule has 0 N–H and O–H groups in total. The van der Waals surface area contributed by atoms with E-state index in [4.69, 9.17) is 9.47 Å². The van der Waals surface area contributed by atoms with Crippen LogP contribution in [0.25, 0.3) is 0 Å². The lowest BCUT2D eigenvalue weighted by molar-refractivity contribution is 0.0289. The zero-order valence-corrected chi connectivity index (χ0v) is 18.0. The molecule has 0 radical (unpaired) electrons. The monoisotopic (exact) mass is 424 g/mol. The molecule has 2 aromatic rings. The van der Waals surface area contributed by atoms with Crippen LogP contribution in [0.15, 0.2) is 48.5 Å². The molecule has 1 saturated heterocycles. The van der Waals surface area contributed by atoms with Crippen LogP contribution < -0.4 is 9.64 Å². The summed E-state index contributed by atoms with van der Waals surface area (Å²) in [7, 11) is 1.72. The summed E-state index contributed by atoms with van der Waals surface area (Å²) < 4.78 is 11.4. The van der Waals surface area contributed by atoms with Crippen molar-refractivity contribution in [2.45, 2.75) is 18.9 Å². The zero-order valence-electron chi connectivity index (χ0n) is 16.4. The maximum absolute atomic E-state index is 6.06. The molecule has 2 aliphatic heterocycles. The van der Waals surface area contributed by atoms with Gasteiger partial charge in [-0.05, 0) is 36.1 Å². The Hall–Kier alpha value is -1.46. The van der Waals surface area contributed by atoms with Crippen LogP contribution in [0.4, 0.5) is 5.69 Å². The van der Waals surface area contributed by atoms with E-state index in [2.05, 4.69) is 52.3 Å². The van der Waals surface area contributed by atoms with Crippen LogP contribution in [0.3, 0.4) is 0 Å². The summed E-state index contributed by atoms with van der Waals surface area (Å²) in [6.45, 7) is 6.29. The Balaban J connectivity index is 0.00000140. The minimum Gasteiger partial charge on any atom is -0.497 e. The average molecular weight is 425 g/mol. The van der Waals surface area contributed by atoms with Crippen molar-refractivity contribution in [3.8, 4) is 5.75 Å². The molecule has 154 valence electrons. The second-order valence-corrected chi connectivity index (χ2v) is 7.13. The van der Waals surface area contributed by atoms with Gasteiger partial charge in [-0.3, -0.25) is 4.90 Å². The fourth-order valence-electron chi connectivity index (χ4n) is 4.05. The lowest BCUT2D eigenvalue weighted by Crippen LogP contribution is -2.46. The highest BCUT2D eigenvalue weighted by atomic mass is 35.5. The molecular weight excluding hydrogens is 395 g/mol. The van der Waals surface area contributed by atoms with Gasteiger partial charge in [-0.2, -0.15) is 0 Å². The number of anilines is 1. The van der Waals surface area contributed by atoms with Crippen LogP contribution in [0.1, 0.15) is 23.7 Å². The van der Waals surface area contributed by atoms with Gasteiger partial charge in [0.25, 0.3) is 0 Å². The first kappa shape index (κ1) is 22.8. The molecule has 0 aromatic heterocycles. The molecule has 1 unspecified atom stereocenters. The van der Waals surface area contributed by atoms with Crippen molar-refractivity contribution in [2.75, 3.05) is 51.3 Å². The summed E-state index contributed by atoms with van der Waals surface area (Å²) in [6.07, 6.45) is 2.39. The van der Waals surface area contributed by atoms with Gasteiger partial charge in [0.05, 0.1) is 19.8 Å². The van der Waals surface area contributed by atoms with Crippen LogP contribution in [0.2, 0.25) is 0 Å². The predicted octanol–water partition coefficient (Wildman–Crippen LogP) is 4.36. The molecule has 0 saturated carbocycles. The van der Waals surface area contributed by atoms with E-state index in [1.807, 2.05) is 6.07 Å². The molecule has 1 atom stereocenters. The first-order chi connectivity index (χ1) is 12.8. The topological polar surface area (TPSA) is 24.9 Å². The molecule has 4 rings (SSSR count). The highest BCUT2D eigenvalue weighted by Crippen LogP contribution is 2.30. The Bertz CT molecular complexity index is 736. The van der Waals surface area contributed by atoms with Gasteiger partial charge in [-0.15, -0.1) is 24.8 Å². The van der Waals surface area contributed by atoms with Gasteiger partial charge in [0.15, 0.2) is 0 Å². The number of nitrogens with zero attached hydrogens (tertiary/aromatic N) is 2. The van der Waals surface area contributed by atoms with Crippen LogP contribution in [0, 0.1) is 0 Å². The molecular formula is C22H30Cl2N2O2. The second-order valence-electron chi connectivity index (χ2n) is 7.13. The Morgan fingerprint density at radius 1 is 1.00 bits per heavy atom. The van der Waals surface area contributed by atoms with Crippen molar-refractivity contribution in [1.82, 2.24) is 4.90 Å². The maximum atomic E-state index is 6.06. The van der Waals surface area contributed by atoms with Crippen molar-refractivity contribution in [3.05, 3.63) is 59.7 Å². The summed E-state index contributed by atoms with van der Waals surface area (Å²) in [5.74, 6) is 0.929. The van der Waals surface area contributed by atoms with Gasteiger partial charge in [0, 0.05) is 44.5 Å². The number of methoxy groups -OCH3 is 1. The molecule has 2 aromatic carbocycles. The van der Waals surface area contributed by atoms with E-state index in [9.17, 15) is 0 Å². The molecule has 0 spiro atoms.